The van der Waals surface area contributed by atoms with Crippen molar-refractivity contribution < 1.29 is 0 Å². The highest BCUT2D eigenvalue weighted by Gasteiger charge is 2.26. The SMILES string of the molecule is CC1CC(N)CNC1c1cccs1. The Morgan fingerprint density at radius 1 is 1.62 bits per heavy atom. The van der Waals surface area contributed by atoms with Gasteiger partial charge in [-0.25, -0.2) is 0 Å². The second kappa shape index (κ2) is 3.78. The molecule has 0 spiro atoms. The molecule has 1 fully saturated rings. The maximum absolute atomic E-state index is 5.88. The van der Waals surface area contributed by atoms with Gasteiger partial charge in [-0.3, -0.25) is 0 Å². The second-order valence-corrected chi connectivity index (χ2v) is 4.85. The molecule has 72 valence electrons. The lowest BCUT2D eigenvalue weighted by Crippen LogP contribution is -2.45. The zero-order chi connectivity index (χ0) is 9.26. The number of hydrogen-bond acceptors (Lipinski definition) is 3. The molecule has 1 saturated heterocycles. The highest BCUT2D eigenvalue weighted by atomic mass is 32.1. The molecule has 1 aromatic heterocycles. The number of nitrogens with two attached hydrogens (primary N) is 1. The van der Waals surface area contributed by atoms with E-state index in [0.29, 0.717) is 18.0 Å². The van der Waals surface area contributed by atoms with E-state index in [2.05, 4.69) is 29.8 Å². The Morgan fingerprint density at radius 2 is 2.46 bits per heavy atom. The summed E-state index contributed by atoms with van der Waals surface area (Å²) in [7, 11) is 0. The minimum atomic E-state index is 0.339. The molecule has 0 saturated carbocycles. The van der Waals surface area contributed by atoms with Crippen molar-refractivity contribution >= 4 is 11.3 Å². The van der Waals surface area contributed by atoms with E-state index in [-0.39, 0.29) is 0 Å². The van der Waals surface area contributed by atoms with Gasteiger partial charge in [0.15, 0.2) is 0 Å². The summed E-state index contributed by atoms with van der Waals surface area (Å²) in [5.74, 6) is 0.655. The first-order valence-corrected chi connectivity index (χ1v) is 5.67. The predicted octanol–water partition coefficient (Wildman–Crippen LogP) is 1.75. The zero-order valence-electron chi connectivity index (χ0n) is 7.86. The quantitative estimate of drug-likeness (QED) is 0.718. The monoisotopic (exact) mass is 196 g/mol. The van der Waals surface area contributed by atoms with Crippen LogP contribution >= 0.6 is 11.3 Å². The largest absolute Gasteiger partial charge is 0.327 e. The Morgan fingerprint density at radius 3 is 3.08 bits per heavy atom. The molecule has 0 radical (unpaired) electrons. The van der Waals surface area contributed by atoms with Crippen LogP contribution in [0.25, 0.3) is 0 Å². The van der Waals surface area contributed by atoms with Gasteiger partial charge in [-0.1, -0.05) is 13.0 Å². The predicted molar refractivity (Wildman–Crippen MR) is 56.8 cm³/mol. The number of rotatable bonds is 1. The van der Waals surface area contributed by atoms with Gasteiger partial charge in [0.25, 0.3) is 0 Å². The maximum atomic E-state index is 5.88. The maximum Gasteiger partial charge on any atom is 0.0441 e. The van der Waals surface area contributed by atoms with Gasteiger partial charge in [0.1, 0.15) is 0 Å². The van der Waals surface area contributed by atoms with Crippen LogP contribution < -0.4 is 11.1 Å². The fourth-order valence-corrected chi connectivity index (χ4v) is 2.96. The van der Waals surface area contributed by atoms with Crippen molar-refractivity contribution in [1.29, 1.82) is 0 Å². The highest BCUT2D eigenvalue weighted by molar-refractivity contribution is 7.10. The van der Waals surface area contributed by atoms with E-state index in [1.807, 2.05) is 11.3 Å². The summed E-state index contributed by atoms with van der Waals surface area (Å²) in [5.41, 5.74) is 5.88. The topological polar surface area (TPSA) is 38.0 Å². The summed E-state index contributed by atoms with van der Waals surface area (Å²) >= 11 is 1.83. The van der Waals surface area contributed by atoms with Gasteiger partial charge in [-0.2, -0.15) is 0 Å². The van der Waals surface area contributed by atoms with Crippen molar-refractivity contribution in [2.75, 3.05) is 6.54 Å². The van der Waals surface area contributed by atoms with E-state index < -0.39 is 0 Å². The lowest BCUT2D eigenvalue weighted by molar-refractivity contribution is 0.282. The molecule has 0 amide bonds. The molecular formula is C10H16N2S. The van der Waals surface area contributed by atoms with Crippen molar-refractivity contribution in [1.82, 2.24) is 5.32 Å². The van der Waals surface area contributed by atoms with E-state index in [1.54, 1.807) is 0 Å². The number of hydrogen-bond donors (Lipinski definition) is 2. The van der Waals surface area contributed by atoms with E-state index in [1.165, 1.54) is 4.88 Å². The summed E-state index contributed by atoms with van der Waals surface area (Å²) in [4.78, 5) is 1.44. The Hall–Kier alpha value is -0.380. The number of piperidine rings is 1. The van der Waals surface area contributed by atoms with Gasteiger partial charge in [0, 0.05) is 23.5 Å². The summed E-state index contributed by atoms with van der Waals surface area (Å²) in [6.45, 7) is 3.23. The molecule has 0 bridgehead atoms. The fourth-order valence-electron chi connectivity index (χ4n) is 2.03. The normalized spacial score (nSPS) is 34.8. The Balaban J connectivity index is 2.08. The van der Waals surface area contributed by atoms with Crippen molar-refractivity contribution in [3.8, 4) is 0 Å². The van der Waals surface area contributed by atoms with Crippen LogP contribution in [0, 0.1) is 5.92 Å². The molecule has 2 heterocycles. The molecule has 3 N–H and O–H groups in total. The molecule has 3 unspecified atom stereocenters. The van der Waals surface area contributed by atoms with Crippen LogP contribution in [0.4, 0.5) is 0 Å². The lowest BCUT2D eigenvalue weighted by Gasteiger charge is -2.33. The van der Waals surface area contributed by atoms with Crippen molar-refractivity contribution in [2.24, 2.45) is 11.7 Å². The van der Waals surface area contributed by atoms with Crippen LogP contribution in [0.3, 0.4) is 0 Å². The van der Waals surface area contributed by atoms with Crippen LogP contribution in [0.1, 0.15) is 24.3 Å². The number of nitrogens with one attached hydrogen (secondary N) is 1. The summed E-state index contributed by atoms with van der Waals surface area (Å²) in [6, 6.07) is 5.18. The first-order valence-electron chi connectivity index (χ1n) is 4.79. The van der Waals surface area contributed by atoms with E-state index in [0.717, 1.165) is 13.0 Å². The first-order chi connectivity index (χ1) is 6.27. The molecule has 3 heteroatoms. The molecule has 1 aliphatic heterocycles. The molecule has 2 rings (SSSR count). The highest BCUT2D eigenvalue weighted by Crippen LogP contribution is 2.30. The molecule has 2 nitrogen and oxygen atoms in total. The molecule has 3 atom stereocenters. The van der Waals surface area contributed by atoms with Crippen LogP contribution in [-0.2, 0) is 0 Å². The summed E-state index contributed by atoms with van der Waals surface area (Å²) in [5, 5.41) is 5.64. The molecule has 1 aliphatic rings. The minimum Gasteiger partial charge on any atom is -0.327 e. The van der Waals surface area contributed by atoms with Crippen LogP contribution in [0.5, 0.6) is 0 Å². The van der Waals surface area contributed by atoms with Crippen LogP contribution in [0.2, 0.25) is 0 Å². The third kappa shape index (κ3) is 1.93. The molecule has 0 aromatic carbocycles. The first kappa shape index (κ1) is 9.19. The molecule has 1 aromatic rings. The van der Waals surface area contributed by atoms with E-state index in [4.69, 9.17) is 5.73 Å². The second-order valence-electron chi connectivity index (χ2n) is 3.87. The van der Waals surface area contributed by atoms with Crippen LogP contribution in [0.15, 0.2) is 17.5 Å². The third-order valence-corrected chi connectivity index (χ3v) is 3.65. The van der Waals surface area contributed by atoms with Gasteiger partial charge >= 0.3 is 0 Å². The van der Waals surface area contributed by atoms with Crippen molar-refractivity contribution in [2.45, 2.75) is 25.4 Å². The number of thiophene rings is 1. The van der Waals surface area contributed by atoms with Gasteiger partial charge in [-0.15, -0.1) is 11.3 Å². The van der Waals surface area contributed by atoms with E-state index >= 15 is 0 Å². The molecule has 13 heavy (non-hydrogen) atoms. The van der Waals surface area contributed by atoms with Gasteiger partial charge in [-0.05, 0) is 23.8 Å². The summed E-state index contributed by atoms with van der Waals surface area (Å²) in [6.07, 6.45) is 1.13. The standard InChI is InChI=1S/C10H16N2S/c1-7-5-8(11)6-12-10(7)9-3-2-4-13-9/h2-4,7-8,10,12H,5-6,11H2,1H3. The van der Waals surface area contributed by atoms with Crippen LogP contribution in [-0.4, -0.2) is 12.6 Å². The minimum absolute atomic E-state index is 0.339. The molecular weight excluding hydrogens is 180 g/mol. The smallest absolute Gasteiger partial charge is 0.0441 e. The Bertz CT molecular complexity index is 258. The van der Waals surface area contributed by atoms with Gasteiger partial charge < -0.3 is 11.1 Å². The Labute approximate surface area is 83.1 Å². The lowest BCUT2D eigenvalue weighted by atomic mass is 9.89. The van der Waals surface area contributed by atoms with E-state index in [9.17, 15) is 0 Å². The van der Waals surface area contributed by atoms with Crippen molar-refractivity contribution in [3.05, 3.63) is 22.4 Å². The zero-order valence-corrected chi connectivity index (χ0v) is 8.68. The Kier molecular flexibility index (Phi) is 2.67. The fraction of sp³-hybridized carbons (Fsp3) is 0.600. The van der Waals surface area contributed by atoms with Crippen molar-refractivity contribution in [3.63, 3.8) is 0 Å². The average molecular weight is 196 g/mol. The van der Waals surface area contributed by atoms with Gasteiger partial charge in [0.2, 0.25) is 0 Å². The third-order valence-electron chi connectivity index (χ3n) is 2.69. The average Bonchev–Trinajstić information content (AvgIpc) is 2.56. The molecule has 0 aliphatic carbocycles. The van der Waals surface area contributed by atoms with Gasteiger partial charge in [0.05, 0.1) is 0 Å². The summed E-state index contributed by atoms with van der Waals surface area (Å²) < 4.78 is 0.